The predicted octanol–water partition coefficient (Wildman–Crippen LogP) is 12.6. The van der Waals surface area contributed by atoms with Crippen LogP contribution in [0.5, 0.6) is 0 Å². The van der Waals surface area contributed by atoms with E-state index in [1.54, 1.807) is 6.08 Å². The van der Waals surface area contributed by atoms with E-state index in [1.807, 2.05) is 121 Å². The van der Waals surface area contributed by atoms with Crippen LogP contribution >= 0.6 is 0 Å². The van der Waals surface area contributed by atoms with E-state index in [2.05, 4.69) is 68.5 Å². The van der Waals surface area contributed by atoms with E-state index in [4.69, 9.17) is 0 Å². The van der Waals surface area contributed by atoms with Crippen molar-refractivity contribution in [1.29, 1.82) is 0 Å². The topological polar surface area (TPSA) is 35.6 Å². The van der Waals surface area contributed by atoms with Crippen LogP contribution in [0.2, 0.25) is 0 Å². The van der Waals surface area contributed by atoms with Crippen molar-refractivity contribution >= 4 is 12.0 Å². The van der Waals surface area contributed by atoms with Crippen molar-refractivity contribution < 1.29 is 4.79 Å². The second kappa shape index (κ2) is 54.2. The van der Waals surface area contributed by atoms with E-state index in [0.717, 1.165) is 63.2 Å². The van der Waals surface area contributed by atoms with Gasteiger partial charge < -0.3 is 10.2 Å². The molecule has 0 bridgehead atoms. The van der Waals surface area contributed by atoms with Gasteiger partial charge in [0.15, 0.2) is 0 Å². The number of piperazine rings is 1. The number of unbranched alkanes of at least 4 members (excludes halogenated alkanes) is 1. The molecule has 0 aromatic heterocycles. The van der Waals surface area contributed by atoms with Crippen LogP contribution in [0.3, 0.4) is 0 Å². The fourth-order valence-electron chi connectivity index (χ4n) is 3.36. The molecule has 1 aromatic carbocycles. The number of benzene rings is 1. The van der Waals surface area contributed by atoms with Crippen LogP contribution in [0.25, 0.3) is 6.08 Å². The zero-order valence-corrected chi connectivity index (χ0v) is 34.4. The van der Waals surface area contributed by atoms with Crippen molar-refractivity contribution in [2.75, 3.05) is 39.3 Å². The first-order chi connectivity index (χ1) is 21.8. The van der Waals surface area contributed by atoms with Gasteiger partial charge in [0.05, 0.1) is 0 Å². The molecule has 0 aliphatic carbocycles. The summed E-state index contributed by atoms with van der Waals surface area (Å²) in [5.41, 5.74) is 4.44. The number of allylic oxidation sites excluding steroid dienone is 3. The third kappa shape index (κ3) is 39.6. The van der Waals surface area contributed by atoms with Gasteiger partial charge in [-0.25, -0.2) is 0 Å². The number of aryl methyl sites for hydroxylation is 1. The van der Waals surface area contributed by atoms with Gasteiger partial charge in [0.1, 0.15) is 0 Å². The average molecular weight is 636 g/mol. The lowest BCUT2D eigenvalue weighted by atomic mass is 10.1. The van der Waals surface area contributed by atoms with Gasteiger partial charge in [-0.15, -0.1) is 6.58 Å². The summed E-state index contributed by atoms with van der Waals surface area (Å²) in [6, 6.07) is 8.13. The lowest BCUT2D eigenvalue weighted by molar-refractivity contribution is -0.117. The highest BCUT2D eigenvalue weighted by Crippen LogP contribution is 2.12. The van der Waals surface area contributed by atoms with Crippen molar-refractivity contribution in [2.24, 2.45) is 0 Å². The van der Waals surface area contributed by atoms with E-state index >= 15 is 0 Å². The summed E-state index contributed by atoms with van der Waals surface area (Å²) in [4.78, 5) is 17.2. The van der Waals surface area contributed by atoms with Gasteiger partial charge in [-0.05, 0) is 71.2 Å². The number of hydrogen-bond donors (Lipinski definition) is 1. The highest BCUT2D eigenvalue weighted by molar-refractivity contribution is 5.97. The molecule has 0 saturated carbocycles. The molecular formula is C41H85N3O. The highest BCUT2D eigenvalue weighted by atomic mass is 16.1. The minimum absolute atomic E-state index is 0.0358. The molecule has 270 valence electrons. The Morgan fingerprint density at radius 1 is 0.800 bits per heavy atom. The molecule has 1 amide bonds. The smallest absolute Gasteiger partial charge is 0.246 e. The fraction of sp³-hybridized carbons (Fsp3) is 0.683. The molecule has 0 spiro atoms. The van der Waals surface area contributed by atoms with Crippen molar-refractivity contribution in [3.63, 3.8) is 0 Å². The van der Waals surface area contributed by atoms with Gasteiger partial charge in [0.25, 0.3) is 0 Å². The molecule has 4 heteroatoms. The van der Waals surface area contributed by atoms with Gasteiger partial charge in [-0.1, -0.05) is 140 Å². The molecule has 45 heavy (non-hydrogen) atoms. The molecule has 1 aliphatic rings. The average Bonchev–Trinajstić information content (AvgIpc) is 3.11. The maximum Gasteiger partial charge on any atom is 0.246 e. The molecular weight excluding hydrogens is 550 g/mol. The molecule has 1 aliphatic heterocycles. The van der Waals surface area contributed by atoms with Crippen LogP contribution in [0.15, 0.2) is 54.3 Å². The summed E-state index contributed by atoms with van der Waals surface area (Å²) in [6.45, 7) is 48.1. The van der Waals surface area contributed by atoms with E-state index in [9.17, 15) is 4.79 Å². The van der Waals surface area contributed by atoms with Crippen LogP contribution < -0.4 is 5.32 Å². The molecule has 1 aromatic rings. The zero-order chi connectivity index (χ0) is 37.1. The molecule has 1 saturated heterocycles. The number of hydrogen-bond acceptors (Lipinski definition) is 3. The minimum Gasteiger partial charge on any atom is -0.373 e. The van der Waals surface area contributed by atoms with Gasteiger partial charge in [-0.3, -0.25) is 9.69 Å². The van der Waals surface area contributed by atoms with E-state index in [-0.39, 0.29) is 5.91 Å². The number of nitrogens with one attached hydrogen (secondary N) is 1. The number of rotatable bonds is 8. The maximum absolute atomic E-state index is 12.3. The standard InChI is InChI=1S/C23H35N3O.C3H8.C3H6.6C2H6/c1-5-21(4)26-16-14-25(15-17-26)13-9-8-12-24-23(27)20(3)18-22-11-7-6-10-19(22)2;2*1-3-2;6*1-2/h5-7,10-11,18H,8-9,12-17H2,1-4H3,(H,24,27);3H2,1-2H3;3H,1H2,2H3;6*1-2H3/b20-18+,21-5+;;;;;;;;. The van der Waals surface area contributed by atoms with Crippen molar-refractivity contribution in [3.8, 4) is 0 Å². The fourth-order valence-corrected chi connectivity index (χ4v) is 3.36. The van der Waals surface area contributed by atoms with Crippen LogP contribution in [0, 0.1) is 6.92 Å². The Labute approximate surface area is 286 Å². The summed E-state index contributed by atoms with van der Waals surface area (Å²) in [7, 11) is 0. The number of carbonyl (C=O) groups excluding carboxylic acids is 1. The normalized spacial score (nSPS) is 11.4. The Morgan fingerprint density at radius 3 is 1.62 bits per heavy atom. The van der Waals surface area contributed by atoms with E-state index in [1.165, 1.54) is 17.7 Å². The quantitative estimate of drug-likeness (QED) is 0.175. The zero-order valence-electron chi connectivity index (χ0n) is 34.4. The number of carbonyl (C=O) groups is 1. The second-order valence-corrected chi connectivity index (χ2v) is 8.52. The third-order valence-corrected chi connectivity index (χ3v) is 5.39. The third-order valence-electron chi connectivity index (χ3n) is 5.39. The van der Waals surface area contributed by atoms with Crippen LogP contribution in [-0.2, 0) is 4.79 Å². The maximum atomic E-state index is 12.3. The Kier molecular flexibility index (Phi) is 70.1. The Balaban J connectivity index is -0.000000136. The van der Waals surface area contributed by atoms with Gasteiger partial charge in [0.2, 0.25) is 5.91 Å². The second-order valence-electron chi connectivity index (χ2n) is 8.52. The molecule has 1 heterocycles. The largest absolute Gasteiger partial charge is 0.373 e. The molecule has 4 nitrogen and oxygen atoms in total. The highest BCUT2D eigenvalue weighted by Gasteiger charge is 2.16. The van der Waals surface area contributed by atoms with Crippen LogP contribution in [0.4, 0.5) is 0 Å². The summed E-state index contributed by atoms with van der Waals surface area (Å²) < 4.78 is 0. The van der Waals surface area contributed by atoms with Gasteiger partial charge >= 0.3 is 0 Å². The molecule has 2 rings (SSSR count). The molecule has 1 fully saturated rings. The Hall–Kier alpha value is -2.33. The molecule has 1 N–H and O–H groups in total. The Morgan fingerprint density at radius 2 is 1.22 bits per heavy atom. The van der Waals surface area contributed by atoms with Gasteiger partial charge in [-0.2, -0.15) is 0 Å². The van der Waals surface area contributed by atoms with E-state index in [0.29, 0.717) is 0 Å². The number of nitrogens with zero attached hydrogens (tertiary/aromatic N) is 2. The summed E-state index contributed by atoms with van der Waals surface area (Å²) in [5, 5.41) is 3.05. The van der Waals surface area contributed by atoms with Gasteiger partial charge in [0, 0.05) is 44.0 Å². The summed E-state index contributed by atoms with van der Waals surface area (Å²) >= 11 is 0. The molecule has 0 unspecified atom stereocenters. The lowest BCUT2D eigenvalue weighted by Crippen LogP contribution is -2.45. The lowest BCUT2D eigenvalue weighted by Gasteiger charge is -2.36. The predicted molar refractivity (Wildman–Crippen MR) is 214 cm³/mol. The van der Waals surface area contributed by atoms with Crippen molar-refractivity contribution in [2.45, 2.75) is 151 Å². The first-order valence-corrected chi connectivity index (χ1v) is 18.5. The van der Waals surface area contributed by atoms with E-state index < -0.39 is 0 Å². The monoisotopic (exact) mass is 636 g/mol. The van der Waals surface area contributed by atoms with Crippen LogP contribution in [-0.4, -0.2) is 55.0 Å². The first-order valence-electron chi connectivity index (χ1n) is 18.5. The Bertz CT molecular complexity index is 730. The van der Waals surface area contributed by atoms with Crippen LogP contribution in [0.1, 0.15) is 155 Å². The summed E-state index contributed by atoms with van der Waals surface area (Å²) in [5.74, 6) is 0.0358. The SMILES string of the molecule is C/C=C(\C)N1CCN(CCCCNC(=O)/C(C)=C/c2ccccc2C)CC1.C=CC.CC.CC.CC.CC.CC.CC.CCC. The van der Waals surface area contributed by atoms with Crippen molar-refractivity contribution in [3.05, 3.63) is 65.4 Å². The minimum atomic E-state index is 0.0358. The molecule has 0 radical (unpaired) electrons. The van der Waals surface area contributed by atoms with Crippen molar-refractivity contribution in [1.82, 2.24) is 15.1 Å². The first kappa shape index (κ1) is 58.2. The molecule has 0 atom stereocenters. The number of amides is 1. The summed E-state index contributed by atoms with van der Waals surface area (Å²) in [6.07, 6.45) is 9.31.